The van der Waals surface area contributed by atoms with Gasteiger partial charge in [0.05, 0.1) is 13.2 Å². The Morgan fingerprint density at radius 2 is 1.89 bits per heavy atom. The van der Waals surface area contributed by atoms with Crippen LogP contribution in [-0.4, -0.2) is 44.2 Å². The van der Waals surface area contributed by atoms with Crippen LogP contribution in [0.3, 0.4) is 0 Å². The number of hydrogen-bond acceptors (Lipinski definition) is 4. The second-order valence-corrected chi connectivity index (χ2v) is 7.85. The Labute approximate surface area is 166 Å². The van der Waals surface area contributed by atoms with E-state index in [9.17, 15) is 4.79 Å². The molecule has 1 saturated carbocycles. The molecule has 1 saturated heterocycles. The summed E-state index contributed by atoms with van der Waals surface area (Å²) >= 11 is 0. The minimum atomic E-state index is -0.0324. The van der Waals surface area contributed by atoms with Gasteiger partial charge in [0.1, 0.15) is 11.5 Å². The van der Waals surface area contributed by atoms with Crippen molar-refractivity contribution in [1.82, 2.24) is 4.90 Å². The maximum absolute atomic E-state index is 12.4. The Kier molecular flexibility index (Phi) is 5.53. The van der Waals surface area contributed by atoms with Gasteiger partial charge in [-0.25, -0.2) is 0 Å². The molecule has 0 N–H and O–H groups in total. The Hall–Kier alpha value is -2.53. The molecule has 1 aromatic heterocycles. The van der Waals surface area contributed by atoms with Crippen molar-refractivity contribution in [3.63, 3.8) is 0 Å². The van der Waals surface area contributed by atoms with Crippen LogP contribution in [0.2, 0.25) is 0 Å². The SMILES string of the molecule is CC1CC1c1ccc(/C=C/C(=O)N(C)Cc2ccc(N3CCOCC3)cc2)o1. The number of carbonyl (C=O) groups is 1. The quantitative estimate of drug-likeness (QED) is 0.713. The lowest BCUT2D eigenvalue weighted by Crippen LogP contribution is -2.36. The second kappa shape index (κ2) is 8.23. The normalized spacial score (nSPS) is 21.9. The number of carbonyl (C=O) groups excluding carboxylic acids is 1. The summed E-state index contributed by atoms with van der Waals surface area (Å²) in [5, 5.41) is 0. The van der Waals surface area contributed by atoms with E-state index in [1.54, 1.807) is 17.1 Å². The second-order valence-electron chi connectivity index (χ2n) is 7.85. The average Bonchev–Trinajstić information content (AvgIpc) is 3.26. The number of nitrogens with zero attached hydrogens (tertiary/aromatic N) is 2. The Balaban J connectivity index is 1.30. The fourth-order valence-electron chi connectivity index (χ4n) is 3.64. The fourth-order valence-corrected chi connectivity index (χ4v) is 3.64. The monoisotopic (exact) mass is 380 g/mol. The van der Waals surface area contributed by atoms with Gasteiger partial charge < -0.3 is 19.0 Å². The summed E-state index contributed by atoms with van der Waals surface area (Å²) in [7, 11) is 1.82. The minimum absolute atomic E-state index is 0.0324. The molecule has 1 aliphatic heterocycles. The van der Waals surface area contributed by atoms with Gasteiger partial charge in [-0.2, -0.15) is 0 Å². The summed E-state index contributed by atoms with van der Waals surface area (Å²) in [5.74, 6) is 3.01. The number of ether oxygens (including phenoxy) is 1. The van der Waals surface area contributed by atoms with Crippen molar-refractivity contribution >= 4 is 17.7 Å². The first-order chi connectivity index (χ1) is 13.6. The number of amides is 1. The summed E-state index contributed by atoms with van der Waals surface area (Å²) in [6.07, 6.45) is 4.54. The molecular weight excluding hydrogens is 352 g/mol. The van der Waals surface area contributed by atoms with Gasteiger partial charge in [-0.05, 0) is 48.2 Å². The number of benzene rings is 1. The Bertz CT molecular complexity index is 834. The summed E-state index contributed by atoms with van der Waals surface area (Å²) in [6.45, 7) is 6.22. The van der Waals surface area contributed by atoms with Gasteiger partial charge in [-0.15, -0.1) is 0 Å². The van der Waals surface area contributed by atoms with Crippen LogP contribution in [0.5, 0.6) is 0 Å². The van der Waals surface area contributed by atoms with E-state index in [-0.39, 0.29) is 5.91 Å². The molecule has 2 aliphatic rings. The molecule has 1 aliphatic carbocycles. The van der Waals surface area contributed by atoms with Gasteiger partial charge in [0.25, 0.3) is 0 Å². The Morgan fingerprint density at radius 3 is 2.57 bits per heavy atom. The van der Waals surface area contributed by atoms with Crippen molar-refractivity contribution in [2.45, 2.75) is 25.8 Å². The van der Waals surface area contributed by atoms with E-state index in [0.29, 0.717) is 18.4 Å². The van der Waals surface area contributed by atoms with Crippen molar-refractivity contribution in [1.29, 1.82) is 0 Å². The molecule has 0 spiro atoms. The third-order valence-corrected chi connectivity index (χ3v) is 5.62. The average molecular weight is 380 g/mol. The first-order valence-corrected chi connectivity index (χ1v) is 10.0. The molecule has 1 aromatic carbocycles. The standard InChI is InChI=1S/C23H28N2O3/c1-17-15-21(17)22-9-7-20(28-22)8-10-23(26)24(2)16-18-3-5-19(6-4-18)25-11-13-27-14-12-25/h3-10,17,21H,11-16H2,1-2H3/b10-8+. The molecule has 148 valence electrons. The molecule has 1 amide bonds. The van der Waals surface area contributed by atoms with Crippen LogP contribution < -0.4 is 4.90 Å². The fraction of sp³-hybridized carbons (Fsp3) is 0.435. The van der Waals surface area contributed by atoms with Crippen LogP contribution in [0.15, 0.2) is 46.9 Å². The zero-order valence-electron chi connectivity index (χ0n) is 16.6. The topological polar surface area (TPSA) is 45.9 Å². The van der Waals surface area contributed by atoms with E-state index in [1.165, 1.54) is 12.1 Å². The van der Waals surface area contributed by atoms with Crippen molar-refractivity contribution in [3.8, 4) is 0 Å². The van der Waals surface area contributed by atoms with Gasteiger partial charge in [-0.3, -0.25) is 4.79 Å². The first kappa shape index (κ1) is 18.8. The summed E-state index contributed by atoms with van der Waals surface area (Å²) in [4.78, 5) is 16.5. The molecule has 2 aromatic rings. The summed E-state index contributed by atoms with van der Waals surface area (Å²) < 4.78 is 11.2. The molecule has 28 heavy (non-hydrogen) atoms. The van der Waals surface area contributed by atoms with E-state index < -0.39 is 0 Å². The highest BCUT2D eigenvalue weighted by atomic mass is 16.5. The summed E-state index contributed by atoms with van der Waals surface area (Å²) in [6, 6.07) is 12.4. The van der Waals surface area contributed by atoms with Crippen LogP contribution in [0.4, 0.5) is 5.69 Å². The van der Waals surface area contributed by atoms with E-state index in [4.69, 9.17) is 9.15 Å². The molecular formula is C23H28N2O3. The van der Waals surface area contributed by atoms with Crippen LogP contribution in [0, 0.1) is 5.92 Å². The van der Waals surface area contributed by atoms with Crippen LogP contribution in [0.25, 0.3) is 6.08 Å². The highest BCUT2D eigenvalue weighted by Crippen LogP contribution is 2.47. The van der Waals surface area contributed by atoms with E-state index in [1.807, 2.05) is 19.2 Å². The zero-order valence-corrected chi connectivity index (χ0v) is 16.6. The molecule has 4 rings (SSSR count). The highest BCUT2D eigenvalue weighted by molar-refractivity contribution is 5.91. The molecule has 2 heterocycles. The predicted molar refractivity (Wildman–Crippen MR) is 110 cm³/mol. The van der Waals surface area contributed by atoms with Gasteiger partial charge >= 0.3 is 0 Å². The van der Waals surface area contributed by atoms with E-state index in [2.05, 4.69) is 36.1 Å². The largest absolute Gasteiger partial charge is 0.461 e. The Morgan fingerprint density at radius 1 is 1.18 bits per heavy atom. The van der Waals surface area contributed by atoms with Gasteiger partial charge in [-0.1, -0.05) is 19.1 Å². The predicted octanol–water partition coefficient (Wildman–Crippen LogP) is 3.91. The lowest BCUT2D eigenvalue weighted by atomic mass is 10.1. The molecule has 5 heteroatoms. The van der Waals surface area contributed by atoms with Crippen molar-refractivity contribution < 1.29 is 13.9 Å². The summed E-state index contributed by atoms with van der Waals surface area (Å²) in [5.41, 5.74) is 2.32. The maximum Gasteiger partial charge on any atom is 0.246 e. The lowest BCUT2D eigenvalue weighted by Gasteiger charge is -2.29. The maximum atomic E-state index is 12.4. The van der Waals surface area contributed by atoms with Crippen LogP contribution in [-0.2, 0) is 16.1 Å². The van der Waals surface area contributed by atoms with Crippen LogP contribution >= 0.6 is 0 Å². The number of hydrogen-bond donors (Lipinski definition) is 0. The van der Waals surface area contributed by atoms with Crippen LogP contribution in [0.1, 0.15) is 36.3 Å². The minimum Gasteiger partial charge on any atom is -0.461 e. The third-order valence-electron chi connectivity index (χ3n) is 5.62. The van der Waals surface area contributed by atoms with Gasteiger partial charge in [0.2, 0.25) is 5.91 Å². The number of rotatable bonds is 6. The van der Waals surface area contributed by atoms with E-state index in [0.717, 1.165) is 43.4 Å². The highest BCUT2D eigenvalue weighted by Gasteiger charge is 2.36. The molecule has 2 atom stereocenters. The number of likely N-dealkylation sites (N-methyl/N-ethyl adjacent to an activating group) is 1. The molecule has 5 nitrogen and oxygen atoms in total. The van der Waals surface area contributed by atoms with Gasteiger partial charge in [0, 0.05) is 44.4 Å². The first-order valence-electron chi connectivity index (χ1n) is 10.0. The van der Waals surface area contributed by atoms with E-state index >= 15 is 0 Å². The molecule has 2 unspecified atom stereocenters. The molecule has 2 fully saturated rings. The number of furan rings is 1. The number of anilines is 1. The third kappa shape index (κ3) is 4.47. The lowest BCUT2D eigenvalue weighted by molar-refractivity contribution is -0.125. The van der Waals surface area contributed by atoms with Crippen molar-refractivity contribution in [2.75, 3.05) is 38.3 Å². The molecule has 0 bridgehead atoms. The van der Waals surface area contributed by atoms with Crippen molar-refractivity contribution in [3.05, 3.63) is 59.6 Å². The van der Waals surface area contributed by atoms with Crippen molar-refractivity contribution in [2.24, 2.45) is 5.92 Å². The smallest absolute Gasteiger partial charge is 0.246 e. The van der Waals surface area contributed by atoms with Gasteiger partial charge in [0.15, 0.2) is 0 Å². The number of morpholine rings is 1. The molecule has 0 radical (unpaired) electrons. The zero-order chi connectivity index (χ0) is 19.5.